The number of hydrogen-bond acceptors (Lipinski definition) is 9. The third-order valence-electron chi connectivity index (χ3n) is 7.10. The number of piperazine rings is 1. The second kappa shape index (κ2) is 13.4. The minimum absolute atomic E-state index is 0.0795. The Labute approximate surface area is 243 Å². The monoisotopic (exact) mass is 609 g/mol. The zero-order valence-electron chi connectivity index (χ0n) is 22.7. The zero-order chi connectivity index (χ0) is 28.9. The molecule has 2 unspecified atom stereocenters. The van der Waals surface area contributed by atoms with Crippen LogP contribution in [0.15, 0.2) is 40.5 Å². The Balaban J connectivity index is 1.21. The first kappa shape index (κ1) is 29.7. The molecule has 0 radical (unpaired) electrons. The number of nitrogens with one attached hydrogen (secondary N) is 1. The molecule has 1 aromatic carbocycles. The van der Waals surface area contributed by atoms with E-state index in [1.54, 1.807) is 30.5 Å². The van der Waals surface area contributed by atoms with Crippen LogP contribution in [0, 0.1) is 0 Å². The van der Waals surface area contributed by atoms with Crippen molar-refractivity contribution in [2.75, 3.05) is 38.2 Å². The molecule has 2 saturated heterocycles. The van der Waals surface area contributed by atoms with Crippen molar-refractivity contribution in [2.45, 2.75) is 67.9 Å². The lowest BCUT2D eigenvalue weighted by Gasteiger charge is -2.39. The minimum atomic E-state index is -2.65. The molecule has 3 fully saturated rings. The Kier molecular flexibility index (Phi) is 9.73. The maximum absolute atomic E-state index is 13.3. The lowest BCUT2D eigenvalue weighted by atomic mass is 10.1. The van der Waals surface area contributed by atoms with E-state index in [2.05, 4.69) is 20.4 Å². The molecule has 222 valence electrons. The number of carbonyl (C=O) groups is 2. The number of benzene rings is 1. The molecule has 41 heavy (non-hydrogen) atoms. The van der Waals surface area contributed by atoms with E-state index in [9.17, 15) is 22.6 Å². The molecule has 10 nitrogen and oxygen atoms in total. The van der Waals surface area contributed by atoms with E-state index in [-0.39, 0.29) is 23.1 Å². The van der Waals surface area contributed by atoms with Gasteiger partial charge in [-0.25, -0.2) is 13.8 Å². The average molecular weight is 610 g/mol. The molecule has 2 aromatic rings. The second-order valence-electron chi connectivity index (χ2n) is 10.4. The number of ether oxygens (including phenoxy) is 1. The van der Waals surface area contributed by atoms with Gasteiger partial charge in [0.25, 0.3) is 5.91 Å². The molecular formula is C27H33F2N5O5S2. The summed E-state index contributed by atoms with van der Waals surface area (Å²) in [5.41, 5.74) is 0.610. The number of carbonyl (C=O) groups excluding carboxylic acids is 2. The quantitative estimate of drug-likeness (QED) is 0.307. The average Bonchev–Trinajstić information content (AvgIpc) is 3.49. The summed E-state index contributed by atoms with van der Waals surface area (Å²) in [5.74, 6) is -1.01. The van der Waals surface area contributed by atoms with Crippen LogP contribution in [0.25, 0.3) is 0 Å². The van der Waals surface area contributed by atoms with Crippen LogP contribution in [-0.4, -0.2) is 93.2 Å². The lowest BCUT2D eigenvalue weighted by Crippen LogP contribution is -2.53. The normalized spacial score (nSPS) is 22.6. The van der Waals surface area contributed by atoms with Gasteiger partial charge in [0.15, 0.2) is 16.9 Å². The van der Waals surface area contributed by atoms with Crippen molar-refractivity contribution in [3.05, 3.63) is 40.9 Å². The van der Waals surface area contributed by atoms with Crippen molar-refractivity contribution in [1.82, 2.24) is 14.8 Å². The van der Waals surface area contributed by atoms with E-state index in [4.69, 9.17) is 9.57 Å². The number of alkyl halides is 2. The number of aromatic nitrogens is 1. The molecule has 3 aliphatic rings. The Morgan fingerprint density at radius 1 is 1.24 bits per heavy atom. The molecule has 3 atom stereocenters. The molecule has 0 spiro atoms. The predicted octanol–water partition coefficient (Wildman–Crippen LogP) is 3.25. The van der Waals surface area contributed by atoms with Gasteiger partial charge in [-0.1, -0.05) is 17.3 Å². The van der Waals surface area contributed by atoms with Gasteiger partial charge in [0.1, 0.15) is 0 Å². The maximum atomic E-state index is 13.3. The van der Waals surface area contributed by atoms with E-state index in [0.29, 0.717) is 56.5 Å². The number of thiazole rings is 1. The lowest BCUT2D eigenvalue weighted by molar-refractivity contribution is -0.138. The van der Waals surface area contributed by atoms with Gasteiger partial charge in [0.05, 0.1) is 30.4 Å². The molecule has 3 heterocycles. The molecule has 1 N–H and O–H groups in total. The summed E-state index contributed by atoms with van der Waals surface area (Å²) < 4.78 is 43.1. The van der Waals surface area contributed by atoms with Gasteiger partial charge in [-0.05, 0) is 31.9 Å². The highest BCUT2D eigenvalue weighted by atomic mass is 32.2. The summed E-state index contributed by atoms with van der Waals surface area (Å²) in [4.78, 5) is 40.6. The van der Waals surface area contributed by atoms with Crippen LogP contribution in [0.1, 0.15) is 43.0 Å². The molecule has 0 bridgehead atoms. The van der Waals surface area contributed by atoms with Gasteiger partial charge in [-0.15, -0.1) is 11.3 Å². The van der Waals surface area contributed by atoms with Crippen LogP contribution in [0.4, 0.5) is 13.9 Å². The molecule has 5 rings (SSSR count). The highest BCUT2D eigenvalue weighted by molar-refractivity contribution is 7.86. The van der Waals surface area contributed by atoms with Crippen molar-refractivity contribution < 1.29 is 32.2 Å². The maximum Gasteiger partial charge on any atom is 0.280 e. The molecule has 1 saturated carbocycles. The van der Waals surface area contributed by atoms with Gasteiger partial charge >= 0.3 is 0 Å². The smallest absolute Gasteiger partial charge is 0.280 e. The van der Waals surface area contributed by atoms with Crippen LogP contribution in [-0.2, 0) is 36.5 Å². The molecule has 2 aliphatic heterocycles. The van der Waals surface area contributed by atoms with Crippen molar-refractivity contribution in [1.29, 1.82) is 0 Å². The van der Waals surface area contributed by atoms with E-state index in [1.807, 2.05) is 6.92 Å². The molecule has 1 aromatic heterocycles. The van der Waals surface area contributed by atoms with Gasteiger partial charge in [0, 0.05) is 65.4 Å². The molecule has 2 amide bonds. The van der Waals surface area contributed by atoms with Gasteiger partial charge in [-0.3, -0.25) is 24.0 Å². The van der Waals surface area contributed by atoms with Crippen molar-refractivity contribution in [3.63, 3.8) is 0 Å². The number of hydrogen-bond donors (Lipinski definition) is 1. The number of anilines is 1. The minimum Gasteiger partial charge on any atom is -0.389 e. The first-order chi connectivity index (χ1) is 19.8. The SMILES string of the molecule is CC1CN(Cc2cnc(NC(=O)/C(=N/O[C@@H]3CCOC3)c3ccc(S(=O)C4CC4)cc3)s2)CCN1C(=O)CC(F)F. The summed E-state index contributed by atoms with van der Waals surface area (Å²) in [5, 5.41) is 7.60. The van der Waals surface area contributed by atoms with Crippen LogP contribution in [0.5, 0.6) is 0 Å². The fourth-order valence-corrected chi connectivity index (χ4v) is 6.99. The topological polar surface area (TPSA) is 113 Å². The fraction of sp³-hybridized carbons (Fsp3) is 0.556. The Hall–Kier alpha value is -2.81. The summed E-state index contributed by atoms with van der Waals surface area (Å²) in [6.45, 7) is 4.87. The Bertz CT molecular complexity index is 1280. The molecular weight excluding hydrogens is 576 g/mol. The number of nitrogens with zero attached hydrogens (tertiary/aromatic N) is 4. The summed E-state index contributed by atoms with van der Waals surface area (Å²) >= 11 is 1.32. The van der Waals surface area contributed by atoms with E-state index >= 15 is 0 Å². The van der Waals surface area contributed by atoms with E-state index in [1.165, 1.54) is 16.2 Å². The first-order valence-electron chi connectivity index (χ1n) is 13.7. The van der Waals surface area contributed by atoms with Gasteiger partial charge < -0.3 is 14.5 Å². The largest absolute Gasteiger partial charge is 0.389 e. The second-order valence-corrected chi connectivity index (χ2v) is 13.3. The van der Waals surface area contributed by atoms with Gasteiger partial charge in [0.2, 0.25) is 12.3 Å². The van der Waals surface area contributed by atoms with Crippen LogP contribution < -0.4 is 5.32 Å². The van der Waals surface area contributed by atoms with Crippen molar-refractivity contribution in [2.24, 2.45) is 5.16 Å². The highest BCUT2D eigenvalue weighted by Gasteiger charge is 2.30. The number of amides is 2. The summed E-state index contributed by atoms with van der Waals surface area (Å²) in [7, 11) is -1.05. The van der Waals surface area contributed by atoms with Crippen molar-refractivity contribution in [3.8, 4) is 0 Å². The highest BCUT2D eigenvalue weighted by Crippen LogP contribution is 2.30. The molecule has 14 heteroatoms. The standard InChI is InChI=1S/C27H33F2N5O5S2/c1-17-14-33(9-10-34(17)24(35)12-23(28)29)15-20-13-30-27(40-20)31-26(36)25(32-39-19-8-11-38-16-19)18-2-4-21(5-3-18)41(37)22-6-7-22/h2-5,13,17,19,22-23H,6-12,14-16H2,1H3,(H,30,31,36)/b32-25+/t17?,19-,41?/m1/s1. The first-order valence-corrected chi connectivity index (χ1v) is 15.7. The summed E-state index contributed by atoms with van der Waals surface area (Å²) in [6, 6.07) is 6.79. The fourth-order valence-electron chi connectivity index (χ4n) is 4.78. The number of halogens is 2. The van der Waals surface area contributed by atoms with Gasteiger partial charge in [-0.2, -0.15) is 0 Å². The summed E-state index contributed by atoms with van der Waals surface area (Å²) in [6.07, 6.45) is 0.658. The van der Waals surface area contributed by atoms with E-state index in [0.717, 1.165) is 22.6 Å². The third kappa shape index (κ3) is 7.93. The van der Waals surface area contributed by atoms with Crippen LogP contribution >= 0.6 is 11.3 Å². The van der Waals surface area contributed by atoms with Crippen LogP contribution in [0.2, 0.25) is 0 Å². The molecule has 1 aliphatic carbocycles. The zero-order valence-corrected chi connectivity index (χ0v) is 24.3. The Morgan fingerprint density at radius 3 is 2.68 bits per heavy atom. The third-order valence-corrected chi connectivity index (χ3v) is 9.81. The van der Waals surface area contributed by atoms with E-state index < -0.39 is 35.5 Å². The number of oxime groups is 1. The van der Waals surface area contributed by atoms with Crippen molar-refractivity contribution >= 4 is 44.8 Å². The van der Waals surface area contributed by atoms with Crippen LogP contribution in [0.3, 0.4) is 0 Å². The predicted molar refractivity (Wildman–Crippen MR) is 151 cm³/mol. The number of rotatable bonds is 11. The Morgan fingerprint density at radius 2 is 2.02 bits per heavy atom.